The van der Waals surface area contributed by atoms with Gasteiger partial charge in [-0.15, -0.1) is 0 Å². The molecule has 0 fully saturated rings. The molecule has 2 rings (SSSR count). The van der Waals surface area contributed by atoms with E-state index in [0.717, 1.165) is 11.4 Å². The molecule has 5 nitrogen and oxygen atoms in total. The summed E-state index contributed by atoms with van der Waals surface area (Å²) in [7, 11) is 0. The first kappa shape index (κ1) is 11.4. The molecule has 0 aliphatic heterocycles. The maximum atomic E-state index is 11.9. The summed E-state index contributed by atoms with van der Waals surface area (Å²) in [4.78, 5) is 31.1. The van der Waals surface area contributed by atoms with Crippen molar-refractivity contribution in [3.05, 3.63) is 45.4 Å². The molecule has 0 aromatic carbocycles. The van der Waals surface area contributed by atoms with Gasteiger partial charge in [-0.05, 0) is 32.4 Å². The standard InChI is InChI=1S/C12H15N3O2/c1-7-3-4-9(13-7)5-6-10(16)11-8(2)14-12(17)15-11/h3-4,13H,5-6H2,1-2H3,(H2,14,15,17). The Kier molecular flexibility index (Phi) is 2.99. The predicted molar refractivity (Wildman–Crippen MR) is 64.3 cm³/mol. The highest BCUT2D eigenvalue weighted by atomic mass is 16.1. The molecule has 2 aromatic rings. The molecule has 5 heteroatoms. The van der Waals surface area contributed by atoms with Gasteiger partial charge in [-0.1, -0.05) is 0 Å². The second kappa shape index (κ2) is 4.45. The van der Waals surface area contributed by atoms with E-state index in [0.29, 0.717) is 24.2 Å². The summed E-state index contributed by atoms with van der Waals surface area (Å²) in [6.45, 7) is 3.68. The molecule has 0 saturated carbocycles. The number of Topliss-reactive ketones (excluding diaryl/α,β-unsaturated/α-hetero) is 1. The minimum Gasteiger partial charge on any atom is -0.362 e. The van der Waals surface area contributed by atoms with Crippen molar-refractivity contribution in [2.75, 3.05) is 0 Å². The Morgan fingerprint density at radius 1 is 1.18 bits per heavy atom. The molecule has 0 radical (unpaired) electrons. The highest BCUT2D eigenvalue weighted by molar-refractivity contribution is 5.95. The van der Waals surface area contributed by atoms with E-state index in [1.54, 1.807) is 6.92 Å². The number of aromatic nitrogens is 3. The Labute approximate surface area is 98.3 Å². The van der Waals surface area contributed by atoms with E-state index in [1.807, 2.05) is 19.1 Å². The summed E-state index contributed by atoms with van der Waals surface area (Å²) in [5.41, 5.74) is 2.77. The third kappa shape index (κ3) is 2.55. The van der Waals surface area contributed by atoms with Crippen molar-refractivity contribution < 1.29 is 4.79 Å². The third-order valence-electron chi connectivity index (χ3n) is 2.71. The van der Waals surface area contributed by atoms with Crippen molar-refractivity contribution in [2.45, 2.75) is 26.7 Å². The van der Waals surface area contributed by atoms with Crippen LogP contribution in [0.5, 0.6) is 0 Å². The molecule has 0 bridgehead atoms. The van der Waals surface area contributed by atoms with Gasteiger partial charge in [0.2, 0.25) is 0 Å². The van der Waals surface area contributed by atoms with E-state index < -0.39 is 0 Å². The van der Waals surface area contributed by atoms with Crippen molar-refractivity contribution >= 4 is 5.78 Å². The largest absolute Gasteiger partial charge is 0.362 e. The molecule has 0 aliphatic carbocycles. The molecule has 0 unspecified atom stereocenters. The normalized spacial score (nSPS) is 10.7. The van der Waals surface area contributed by atoms with E-state index in [2.05, 4.69) is 15.0 Å². The van der Waals surface area contributed by atoms with Crippen LogP contribution in [0.4, 0.5) is 0 Å². The number of nitrogens with one attached hydrogen (secondary N) is 3. The number of carbonyl (C=O) groups is 1. The molecule has 90 valence electrons. The van der Waals surface area contributed by atoms with Gasteiger partial charge in [0.25, 0.3) is 0 Å². The van der Waals surface area contributed by atoms with E-state index >= 15 is 0 Å². The van der Waals surface area contributed by atoms with Crippen LogP contribution in [0.1, 0.15) is 34.0 Å². The minimum absolute atomic E-state index is 0.0481. The summed E-state index contributed by atoms with van der Waals surface area (Å²) < 4.78 is 0. The second-order valence-electron chi connectivity index (χ2n) is 4.17. The summed E-state index contributed by atoms with van der Waals surface area (Å²) in [5, 5.41) is 0. The average Bonchev–Trinajstić information content (AvgIpc) is 2.81. The lowest BCUT2D eigenvalue weighted by Crippen LogP contribution is -2.06. The molecule has 0 amide bonds. The molecule has 0 saturated heterocycles. The zero-order chi connectivity index (χ0) is 12.4. The van der Waals surface area contributed by atoms with Crippen LogP contribution < -0.4 is 5.69 Å². The van der Waals surface area contributed by atoms with Crippen LogP contribution >= 0.6 is 0 Å². The van der Waals surface area contributed by atoms with Crippen LogP contribution in [0.15, 0.2) is 16.9 Å². The lowest BCUT2D eigenvalue weighted by atomic mass is 10.1. The van der Waals surface area contributed by atoms with E-state index in [9.17, 15) is 9.59 Å². The fourth-order valence-corrected chi connectivity index (χ4v) is 1.83. The summed E-state index contributed by atoms with van der Waals surface area (Å²) in [6, 6.07) is 3.94. The van der Waals surface area contributed by atoms with Crippen molar-refractivity contribution in [2.24, 2.45) is 0 Å². The van der Waals surface area contributed by atoms with Gasteiger partial charge in [0.15, 0.2) is 5.78 Å². The SMILES string of the molecule is Cc1ccc(CCC(=O)c2[nH]c(=O)[nH]c2C)[nH]1. The van der Waals surface area contributed by atoms with Gasteiger partial charge in [-0.2, -0.15) is 0 Å². The van der Waals surface area contributed by atoms with Crippen LogP contribution in [-0.2, 0) is 6.42 Å². The zero-order valence-electron chi connectivity index (χ0n) is 9.89. The van der Waals surface area contributed by atoms with Crippen LogP contribution in [0, 0.1) is 13.8 Å². The Morgan fingerprint density at radius 3 is 2.47 bits per heavy atom. The number of carbonyl (C=O) groups excluding carboxylic acids is 1. The van der Waals surface area contributed by atoms with Crippen LogP contribution in [0.3, 0.4) is 0 Å². The second-order valence-corrected chi connectivity index (χ2v) is 4.17. The van der Waals surface area contributed by atoms with Gasteiger partial charge in [0.05, 0.1) is 0 Å². The molecule has 2 aromatic heterocycles. The van der Waals surface area contributed by atoms with Crippen LogP contribution in [0.25, 0.3) is 0 Å². The fourth-order valence-electron chi connectivity index (χ4n) is 1.83. The van der Waals surface area contributed by atoms with Gasteiger partial charge in [-0.25, -0.2) is 4.79 Å². The van der Waals surface area contributed by atoms with E-state index in [1.165, 1.54) is 0 Å². The van der Waals surface area contributed by atoms with Gasteiger partial charge in [0.1, 0.15) is 5.69 Å². The van der Waals surface area contributed by atoms with Crippen molar-refractivity contribution in [1.29, 1.82) is 0 Å². The lowest BCUT2D eigenvalue weighted by molar-refractivity contribution is 0.0977. The first-order chi connectivity index (χ1) is 8.06. The van der Waals surface area contributed by atoms with Crippen LogP contribution in [0.2, 0.25) is 0 Å². The number of rotatable bonds is 4. The fraction of sp³-hybridized carbons (Fsp3) is 0.333. The van der Waals surface area contributed by atoms with E-state index in [-0.39, 0.29) is 11.5 Å². The quantitative estimate of drug-likeness (QED) is 0.699. The Bertz CT molecular complexity index is 589. The molecule has 3 N–H and O–H groups in total. The molecule has 2 heterocycles. The number of hydrogen-bond donors (Lipinski definition) is 3. The maximum absolute atomic E-state index is 11.9. The Morgan fingerprint density at radius 2 is 1.94 bits per heavy atom. The summed E-state index contributed by atoms with van der Waals surface area (Å²) >= 11 is 0. The van der Waals surface area contributed by atoms with Crippen molar-refractivity contribution in [1.82, 2.24) is 15.0 Å². The molecule has 0 atom stereocenters. The summed E-state index contributed by atoms with van der Waals surface area (Å²) in [6.07, 6.45) is 1.04. The molecule has 0 aliphatic rings. The minimum atomic E-state index is -0.332. The van der Waals surface area contributed by atoms with E-state index in [4.69, 9.17) is 0 Å². The molecule has 0 spiro atoms. The Balaban J connectivity index is 2.03. The average molecular weight is 233 g/mol. The smallest absolute Gasteiger partial charge is 0.323 e. The zero-order valence-corrected chi connectivity index (χ0v) is 9.89. The number of aromatic amines is 3. The number of ketones is 1. The third-order valence-corrected chi connectivity index (χ3v) is 2.71. The van der Waals surface area contributed by atoms with Crippen LogP contribution in [-0.4, -0.2) is 20.7 Å². The molecule has 17 heavy (non-hydrogen) atoms. The topological polar surface area (TPSA) is 81.5 Å². The monoisotopic (exact) mass is 233 g/mol. The van der Waals surface area contributed by atoms with Crippen molar-refractivity contribution in [3.63, 3.8) is 0 Å². The number of imidazole rings is 1. The molecular weight excluding hydrogens is 218 g/mol. The van der Waals surface area contributed by atoms with Gasteiger partial charge >= 0.3 is 5.69 Å². The van der Waals surface area contributed by atoms with Gasteiger partial charge in [-0.3, -0.25) is 4.79 Å². The summed E-state index contributed by atoms with van der Waals surface area (Å²) in [5.74, 6) is -0.0481. The number of aryl methyl sites for hydroxylation is 3. The first-order valence-corrected chi connectivity index (χ1v) is 5.53. The highest BCUT2D eigenvalue weighted by Crippen LogP contribution is 2.08. The first-order valence-electron chi connectivity index (χ1n) is 5.53. The van der Waals surface area contributed by atoms with Gasteiger partial charge < -0.3 is 15.0 Å². The maximum Gasteiger partial charge on any atom is 0.323 e. The van der Waals surface area contributed by atoms with Crippen molar-refractivity contribution in [3.8, 4) is 0 Å². The molecular formula is C12H15N3O2. The highest BCUT2D eigenvalue weighted by Gasteiger charge is 2.12. The predicted octanol–water partition coefficient (Wildman–Crippen LogP) is 1.46. The number of hydrogen-bond acceptors (Lipinski definition) is 2. The van der Waals surface area contributed by atoms with Gasteiger partial charge in [0, 0.05) is 23.5 Å². The Hall–Kier alpha value is -2.04. The number of H-pyrrole nitrogens is 3. The lowest BCUT2D eigenvalue weighted by Gasteiger charge is -1.98.